The average molecular weight is 344 g/mol. The maximum atomic E-state index is 12.2. The van der Waals surface area contributed by atoms with Crippen LogP contribution in [0.3, 0.4) is 0 Å². The fourth-order valence-corrected chi connectivity index (χ4v) is 2.77. The second-order valence-electron chi connectivity index (χ2n) is 7.90. The van der Waals surface area contributed by atoms with Gasteiger partial charge in [0.05, 0.1) is 6.04 Å². The topological polar surface area (TPSA) is 90.9 Å². The number of benzene rings is 1. The van der Waals surface area contributed by atoms with Crippen LogP contribution in [0.15, 0.2) is 24.5 Å². The molecule has 1 unspecified atom stereocenters. The zero-order valence-corrected chi connectivity index (χ0v) is 15.6. The number of aromatic amines is 1. The second kappa shape index (κ2) is 7.68. The number of phenolic OH excluding ortho intramolecular Hbond substituents is 1. The van der Waals surface area contributed by atoms with Crippen LogP contribution < -0.4 is 5.32 Å². The van der Waals surface area contributed by atoms with E-state index >= 15 is 0 Å². The molecule has 2 aromatic rings. The molecule has 1 aromatic heterocycles. The van der Waals surface area contributed by atoms with Crippen molar-refractivity contribution in [1.29, 1.82) is 0 Å². The molecule has 1 aromatic carbocycles. The van der Waals surface area contributed by atoms with Crippen molar-refractivity contribution in [3.63, 3.8) is 0 Å². The summed E-state index contributed by atoms with van der Waals surface area (Å²) in [5.74, 6) is 1.20. The highest BCUT2D eigenvalue weighted by atomic mass is 16.3. The monoisotopic (exact) mass is 344 g/mol. The van der Waals surface area contributed by atoms with Crippen LogP contribution in [-0.4, -0.2) is 26.2 Å². The van der Waals surface area contributed by atoms with Crippen LogP contribution in [0.2, 0.25) is 0 Å². The molecule has 1 atom stereocenters. The van der Waals surface area contributed by atoms with Gasteiger partial charge in [-0.25, -0.2) is 0 Å². The third-order valence-electron chi connectivity index (χ3n) is 4.00. The van der Waals surface area contributed by atoms with E-state index in [-0.39, 0.29) is 29.0 Å². The lowest BCUT2D eigenvalue weighted by atomic mass is 9.84. The highest BCUT2D eigenvalue weighted by Crippen LogP contribution is 2.32. The van der Waals surface area contributed by atoms with Gasteiger partial charge in [-0.2, -0.15) is 0 Å². The first-order chi connectivity index (χ1) is 11.7. The molecule has 0 saturated heterocycles. The number of rotatable bonds is 6. The van der Waals surface area contributed by atoms with Crippen molar-refractivity contribution in [1.82, 2.24) is 20.5 Å². The van der Waals surface area contributed by atoms with Crippen molar-refractivity contribution in [3.05, 3.63) is 41.5 Å². The number of carbonyl (C=O) groups excluding carboxylic acids is 1. The summed E-state index contributed by atoms with van der Waals surface area (Å²) in [6.07, 6.45) is 2.55. The van der Waals surface area contributed by atoms with E-state index in [1.807, 2.05) is 26.0 Å². The zero-order chi connectivity index (χ0) is 18.6. The third kappa shape index (κ3) is 5.31. The van der Waals surface area contributed by atoms with Crippen LogP contribution in [0.1, 0.15) is 64.0 Å². The summed E-state index contributed by atoms with van der Waals surface area (Å²) in [6, 6.07) is 5.30. The molecular weight excluding hydrogens is 316 g/mol. The zero-order valence-electron chi connectivity index (χ0n) is 15.6. The standard InChI is InChI=1S/C19H28N4O2/c1-12(2)8-17(25)22-15(18-20-11-21-23-18)10-13-6-7-16(24)14(9-13)19(3,4)5/h6-7,9,11-12,15,24H,8,10H2,1-5H3,(H,22,25)(H,20,21,23). The molecular formula is C19H28N4O2. The van der Waals surface area contributed by atoms with E-state index in [0.29, 0.717) is 18.7 Å². The van der Waals surface area contributed by atoms with Gasteiger partial charge in [0.1, 0.15) is 12.1 Å². The van der Waals surface area contributed by atoms with E-state index in [4.69, 9.17) is 0 Å². The first kappa shape index (κ1) is 19.0. The summed E-state index contributed by atoms with van der Waals surface area (Å²) in [5.41, 5.74) is 1.74. The Kier molecular flexibility index (Phi) is 5.82. The Morgan fingerprint density at radius 2 is 2.04 bits per heavy atom. The van der Waals surface area contributed by atoms with Crippen LogP contribution in [-0.2, 0) is 16.6 Å². The molecule has 0 aliphatic rings. The lowest BCUT2D eigenvalue weighted by molar-refractivity contribution is -0.122. The molecule has 0 aliphatic heterocycles. The summed E-state index contributed by atoms with van der Waals surface area (Å²) in [6.45, 7) is 10.2. The minimum atomic E-state index is -0.286. The first-order valence-corrected chi connectivity index (χ1v) is 8.64. The Morgan fingerprint density at radius 1 is 1.32 bits per heavy atom. The van der Waals surface area contributed by atoms with E-state index in [9.17, 15) is 9.90 Å². The van der Waals surface area contributed by atoms with Gasteiger partial charge in [0.25, 0.3) is 0 Å². The summed E-state index contributed by atoms with van der Waals surface area (Å²) >= 11 is 0. The largest absolute Gasteiger partial charge is 0.508 e. The molecule has 0 saturated carbocycles. The second-order valence-corrected chi connectivity index (χ2v) is 7.90. The number of hydrogen-bond acceptors (Lipinski definition) is 4. The van der Waals surface area contributed by atoms with Crippen LogP contribution >= 0.6 is 0 Å². The number of aromatic nitrogens is 3. The number of amides is 1. The van der Waals surface area contributed by atoms with Gasteiger partial charge >= 0.3 is 0 Å². The van der Waals surface area contributed by atoms with Crippen molar-refractivity contribution in [2.45, 2.75) is 58.9 Å². The lowest BCUT2D eigenvalue weighted by Crippen LogP contribution is -2.31. The number of phenols is 1. The fourth-order valence-electron chi connectivity index (χ4n) is 2.77. The molecule has 0 spiro atoms. The Morgan fingerprint density at radius 3 is 2.60 bits per heavy atom. The minimum absolute atomic E-state index is 0.00813. The van der Waals surface area contributed by atoms with Gasteiger partial charge in [-0.3, -0.25) is 4.79 Å². The molecule has 1 amide bonds. The Hall–Kier alpha value is -2.37. The smallest absolute Gasteiger partial charge is 0.220 e. The third-order valence-corrected chi connectivity index (χ3v) is 4.00. The summed E-state index contributed by atoms with van der Waals surface area (Å²) in [5, 5.41) is 21.1. The molecule has 6 heteroatoms. The summed E-state index contributed by atoms with van der Waals surface area (Å²) in [7, 11) is 0. The van der Waals surface area contributed by atoms with Gasteiger partial charge in [-0.1, -0.05) is 46.8 Å². The van der Waals surface area contributed by atoms with Crippen molar-refractivity contribution >= 4 is 5.91 Å². The molecule has 0 fully saturated rings. The van der Waals surface area contributed by atoms with Gasteiger partial charge in [-0.15, -0.1) is 10.2 Å². The Balaban J connectivity index is 2.24. The maximum Gasteiger partial charge on any atom is 0.220 e. The van der Waals surface area contributed by atoms with Crippen molar-refractivity contribution < 1.29 is 9.90 Å². The number of nitrogens with zero attached hydrogens (tertiary/aromatic N) is 2. The van der Waals surface area contributed by atoms with E-state index in [1.165, 1.54) is 6.33 Å². The van der Waals surface area contributed by atoms with Crippen molar-refractivity contribution in [3.8, 4) is 5.75 Å². The van der Waals surface area contributed by atoms with Gasteiger partial charge in [0, 0.05) is 6.42 Å². The minimum Gasteiger partial charge on any atom is -0.508 e. The Bertz CT molecular complexity index is 703. The molecule has 2 rings (SSSR count). The maximum absolute atomic E-state index is 12.2. The number of H-pyrrole nitrogens is 1. The SMILES string of the molecule is CC(C)CC(=O)NC(Cc1ccc(O)c(C(C)(C)C)c1)c1nnc[nH]1. The van der Waals surface area contributed by atoms with Crippen molar-refractivity contribution in [2.75, 3.05) is 0 Å². The van der Waals surface area contributed by atoms with Gasteiger partial charge in [0.2, 0.25) is 5.91 Å². The van der Waals surface area contributed by atoms with E-state index in [0.717, 1.165) is 11.1 Å². The number of carbonyl (C=O) groups is 1. The quantitative estimate of drug-likeness (QED) is 0.750. The predicted octanol–water partition coefficient (Wildman–Crippen LogP) is 3.25. The highest BCUT2D eigenvalue weighted by molar-refractivity contribution is 5.76. The van der Waals surface area contributed by atoms with Crippen molar-refractivity contribution in [2.24, 2.45) is 5.92 Å². The molecule has 0 radical (unpaired) electrons. The lowest BCUT2D eigenvalue weighted by Gasteiger charge is -2.22. The van der Waals surface area contributed by atoms with E-state index in [1.54, 1.807) is 6.07 Å². The first-order valence-electron chi connectivity index (χ1n) is 8.64. The number of aromatic hydroxyl groups is 1. The summed E-state index contributed by atoms with van der Waals surface area (Å²) in [4.78, 5) is 15.2. The van der Waals surface area contributed by atoms with Crippen LogP contribution in [0, 0.1) is 5.92 Å². The van der Waals surface area contributed by atoms with Crippen LogP contribution in [0.25, 0.3) is 0 Å². The van der Waals surface area contributed by atoms with Gasteiger partial charge in [-0.05, 0) is 34.9 Å². The van der Waals surface area contributed by atoms with E-state index < -0.39 is 0 Å². The Labute approximate surface area is 149 Å². The molecule has 25 heavy (non-hydrogen) atoms. The molecule has 3 N–H and O–H groups in total. The molecule has 0 aliphatic carbocycles. The predicted molar refractivity (Wildman–Crippen MR) is 97.2 cm³/mol. The number of nitrogens with one attached hydrogen (secondary N) is 2. The van der Waals surface area contributed by atoms with E-state index in [2.05, 4.69) is 41.3 Å². The van der Waals surface area contributed by atoms with Crippen LogP contribution in [0.4, 0.5) is 0 Å². The fraction of sp³-hybridized carbons (Fsp3) is 0.526. The highest BCUT2D eigenvalue weighted by Gasteiger charge is 2.22. The average Bonchev–Trinajstić information content (AvgIpc) is 3.00. The molecule has 6 nitrogen and oxygen atoms in total. The molecule has 1 heterocycles. The van der Waals surface area contributed by atoms with Crippen LogP contribution in [0.5, 0.6) is 5.75 Å². The molecule has 136 valence electrons. The normalized spacial score (nSPS) is 13.0. The van der Waals surface area contributed by atoms with Gasteiger partial charge in [0.15, 0.2) is 5.82 Å². The summed E-state index contributed by atoms with van der Waals surface area (Å²) < 4.78 is 0. The van der Waals surface area contributed by atoms with Gasteiger partial charge < -0.3 is 15.4 Å². The number of hydrogen-bond donors (Lipinski definition) is 3. The molecule has 0 bridgehead atoms.